The summed E-state index contributed by atoms with van der Waals surface area (Å²) in [6.07, 6.45) is 1.22. The number of carbonyl (C=O) groups is 1. The van der Waals surface area contributed by atoms with E-state index in [0.717, 1.165) is 0 Å². The van der Waals surface area contributed by atoms with Gasteiger partial charge in [-0.15, -0.1) is 0 Å². The van der Waals surface area contributed by atoms with Crippen LogP contribution in [-0.2, 0) is 4.79 Å². The molecule has 0 aliphatic carbocycles. The lowest BCUT2D eigenvalue weighted by atomic mass is 10.1. The van der Waals surface area contributed by atoms with Gasteiger partial charge in [0.15, 0.2) is 5.58 Å². The van der Waals surface area contributed by atoms with Crippen LogP contribution in [-0.4, -0.2) is 21.0 Å². The van der Waals surface area contributed by atoms with Crippen molar-refractivity contribution in [2.24, 2.45) is 0 Å². The molecule has 7 nitrogen and oxygen atoms in total. The number of para-hydroxylation sites is 2. The number of nitro groups is 1. The molecule has 1 heterocycles. The van der Waals surface area contributed by atoms with Crippen LogP contribution >= 0.6 is 0 Å². The molecule has 3 rings (SSSR count). The third-order valence-corrected chi connectivity index (χ3v) is 3.33. The van der Waals surface area contributed by atoms with E-state index in [0.29, 0.717) is 22.2 Å². The van der Waals surface area contributed by atoms with E-state index in [1.165, 1.54) is 24.3 Å². The average molecular weight is 324 g/mol. The number of nitrogens with zero attached hydrogens (tertiary/aromatic N) is 2. The summed E-state index contributed by atoms with van der Waals surface area (Å²) in [6.45, 7) is 0. The second-order valence-corrected chi connectivity index (χ2v) is 5.08. The van der Waals surface area contributed by atoms with Crippen molar-refractivity contribution in [2.75, 3.05) is 0 Å². The Morgan fingerprint density at radius 2 is 2.04 bits per heavy atom. The van der Waals surface area contributed by atoms with Crippen molar-refractivity contribution in [2.45, 2.75) is 6.42 Å². The molecule has 0 atom stereocenters. The van der Waals surface area contributed by atoms with E-state index in [2.05, 4.69) is 4.98 Å². The maximum Gasteiger partial charge on any atom is 0.308 e. The van der Waals surface area contributed by atoms with Gasteiger partial charge in [0.1, 0.15) is 5.52 Å². The van der Waals surface area contributed by atoms with Crippen LogP contribution in [0.2, 0.25) is 0 Å². The van der Waals surface area contributed by atoms with E-state index in [4.69, 9.17) is 9.52 Å². The lowest BCUT2D eigenvalue weighted by Gasteiger charge is -2.01. The smallest absolute Gasteiger partial charge is 0.308 e. The Kier molecular flexibility index (Phi) is 4.07. The summed E-state index contributed by atoms with van der Waals surface area (Å²) in [7, 11) is 0. The molecule has 0 amide bonds. The molecule has 0 unspecified atom stereocenters. The maximum absolute atomic E-state index is 11.1. The van der Waals surface area contributed by atoms with Crippen LogP contribution in [0.15, 0.2) is 52.9 Å². The predicted molar refractivity (Wildman–Crippen MR) is 87.2 cm³/mol. The molecule has 0 spiro atoms. The topological polar surface area (TPSA) is 106 Å². The average Bonchev–Trinajstić information content (AvgIpc) is 2.98. The van der Waals surface area contributed by atoms with Crippen LogP contribution in [0.25, 0.3) is 22.7 Å². The molecule has 0 saturated carbocycles. The third-order valence-electron chi connectivity index (χ3n) is 3.33. The Labute approximate surface area is 136 Å². The Bertz CT molecular complexity index is 925. The van der Waals surface area contributed by atoms with Crippen molar-refractivity contribution >= 4 is 34.4 Å². The summed E-state index contributed by atoms with van der Waals surface area (Å²) in [4.78, 5) is 25.8. The zero-order valence-corrected chi connectivity index (χ0v) is 12.4. The minimum Gasteiger partial charge on any atom is -0.481 e. The van der Waals surface area contributed by atoms with Gasteiger partial charge in [0.2, 0.25) is 5.89 Å². The van der Waals surface area contributed by atoms with Gasteiger partial charge in [-0.25, -0.2) is 4.98 Å². The van der Waals surface area contributed by atoms with Crippen molar-refractivity contribution < 1.29 is 19.2 Å². The van der Waals surface area contributed by atoms with Gasteiger partial charge >= 0.3 is 5.97 Å². The van der Waals surface area contributed by atoms with Crippen molar-refractivity contribution in [1.29, 1.82) is 0 Å². The molecule has 24 heavy (non-hydrogen) atoms. The number of carboxylic acid groups (broad SMARTS) is 1. The fraction of sp³-hybridized carbons (Fsp3) is 0.0588. The molecular weight excluding hydrogens is 312 g/mol. The number of hydrogen-bond donors (Lipinski definition) is 1. The largest absolute Gasteiger partial charge is 0.481 e. The molecular formula is C17H12N2O5. The van der Waals surface area contributed by atoms with Crippen LogP contribution in [0, 0.1) is 10.1 Å². The third kappa shape index (κ3) is 3.30. The molecule has 120 valence electrons. The van der Waals surface area contributed by atoms with Crippen LogP contribution in [0.5, 0.6) is 0 Å². The van der Waals surface area contributed by atoms with E-state index in [-0.39, 0.29) is 18.0 Å². The summed E-state index contributed by atoms with van der Waals surface area (Å²) >= 11 is 0. The number of benzene rings is 2. The van der Waals surface area contributed by atoms with Crippen molar-refractivity contribution in [1.82, 2.24) is 4.98 Å². The summed E-state index contributed by atoms with van der Waals surface area (Å²) in [5.74, 6) is -0.862. The van der Waals surface area contributed by atoms with Crippen molar-refractivity contribution in [3.63, 3.8) is 0 Å². The Morgan fingerprint density at radius 1 is 1.25 bits per heavy atom. The monoisotopic (exact) mass is 324 g/mol. The molecule has 7 heteroatoms. The summed E-state index contributed by atoms with van der Waals surface area (Å²) in [5, 5.41) is 20.0. The van der Waals surface area contributed by atoms with E-state index in [1.807, 2.05) is 0 Å². The quantitative estimate of drug-likeness (QED) is 0.566. The van der Waals surface area contributed by atoms with Gasteiger partial charge in [0.05, 0.1) is 11.3 Å². The van der Waals surface area contributed by atoms with Crippen LogP contribution in [0.4, 0.5) is 5.69 Å². The number of nitro benzene ring substituents is 1. The molecule has 0 saturated heterocycles. The zero-order valence-electron chi connectivity index (χ0n) is 12.4. The van der Waals surface area contributed by atoms with E-state index in [1.54, 1.807) is 30.3 Å². The molecule has 0 bridgehead atoms. The highest BCUT2D eigenvalue weighted by Crippen LogP contribution is 2.26. The highest BCUT2D eigenvalue weighted by atomic mass is 16.6. The first-order valence-electron chi connectivity index (χ1n) is 7.06. The molecule has 0 aliphatic heterocycles. The summed E-state index contributed by atoms with van der Waals surface area (Å²) in [5.41, 5.74) is 1.92. The van der Waals surface area contributed by atoms with Gasteiger partial charge in [-0.3, -0.25) is 14.9 Å². The van der Waals surface area contributed by atoms with Crippen LogP contribution < -0.4 is 0 Å². The highest BCUT2D eigenvalue weighted by Gasteiger charge is 2.15. The SMILES string of the molecule is O=C(O)C/C(=C\c1cccc([N+](=O)[O-])c1)c1nc2ccccc2o1. The number of hydrogen-bond acceptors (Lipinski definition) is 5. The fourth-order valence-electron chi connectivity index (χ4n) is 2.29. The van der Waals surface area contributed by atoms with Crippen molar-refractivity contribution in [3.05, 3.63) is 70.1 Å². The van der Waals surface area contributed by atoms with Gasteiger partial charge in [-0.05, 0) is 23.8 Å². The van der Waals surface area contributed by atoms with Gasteiger partial charge in [-0.1, -0.05) is 24.3 Å². The molecule has 2 aromatic carbocycles. The van der Waals surface area contributed by atoms with Gasteiger partial charge in [0.25, 0.3) is 5.69 Å². The number of aliphatic carboxylic acids is 1. The standard InChI is InChI=1S/C17H12N2O5/c20-16(21)10-12(8-11-4-3-5-13(9-11)19(22)23)17-18-14-6-1-2-7-15(14)24-17/h1-9H,10H2,(H,20,21)/b12-8+. The number of aromatic nitrogens is 1. The number of carboxylic acids is 1. The second-order valence-electron chi connectivity index (χ2n) is 5.08. The number of rotatable bonds is 5. The van der Waals surface area contributed by atoms with E-state index >= 15 is 0 Å². The van der Waals surface area contributed by atoms with Crippen LogP contribution in [0.3, 0.4) is 0 Å². The minimum absolute atomic E-state index is 0.0732. The highest BCUT2D eigenvalue weighted by molar-refractivity contribution is 5.91. The maximum atomic E-state index is 11.1. The first kappa shape index (κ1) is 15.4. The van der Waals surface area contributed by atoms with Crippen LogP contribution in [0.1, 0.15) is 17.9 Å². The molecule has 0 aliphatic rings. The predicted octanol–water partition coefficient (Wildman–Crippen LogP) is 3.75. The summed E-state index contributed by atoms with van der Waals surface area (Å²) in [6, 6.07) is 13.0. The second kappa shape index (κ2) is 6.33. The normalized spacial score (nSPS) is 11.6. The van der Waals surface area contributed by atoms with E-state index in [9.17, 15) is 14.9 Å². The minimum atomic E-state index is -1.05. The van der Waals surface area contributed by atoms with Gasteiger partial charge in [-0.2, -0.15) is 0 Å². The van der Waals surface area contributed by atoms with Crippen molar-refractivity contribution in [3.8, 4) is 0 Å². The lowest BCUT2D eigenvalue weighted by molar-refractivity contribution is -0.384. The fourth-order valence-corrected chi connectivity index (χ4v) is 2.29. The first-order valence-corrected chi connectivity index (χ1v) is 7.06. The summed E-state index contributed by atoms with van der Waals surface area (Å²) < 4.78 is 5.60. The first-order chi connectivity index (χ1) is 11.5. The Balaban J connectivity index is 2.07. The Morgan fingerprint density at radius 3 is 2.75 bits per heavy atom. The zero-order chi connectivity index (χ0) is 17.1. The number of non-ortho nitro benzene ring substituents is 1. The Hall–Kier alpha value is -3.48. The lowest BCUT2D eigenvalue weighted by Crippen LogP contribution is -1.97. The molecule has 1 N–H and O–H groups in total. The molecule has 1 aromatic heterocycles. The molecule has 0 radical (unpaired) electrons. The van der Waals surface area contributed by atoms with E-state index < -0.39 is 10.9 Å². The molecule has 3 aromatic rings. The number of oxazole rings is 1. The number of fused-ring (bicyclic) bond motifs is 1. The molecule has 0 fully saturated rings. The van der Waals surface area contributed by atoms with Gasteiger partial charge in [0, 0.05) is 17.7 Å². The van der Waals surface area contributed by atoms with Gasteiger partial charge < -0.3 is 9.52 Å².